The average Bonchev–Trinajstić information content (AvgIpc) is 2.68. The van der Waals surface area contributed by atoms with Gasteiger partial charge in [0.1, 0.15) is 5.82 Å². The smallest absolute Gasteiger partial charge is 0.308 e. The van der Waals surface area contributed by atoms with Gasteiger partial charge in [-0.3, -0.25) is 15.6 Å². The number of aryl methyl sites for hydroxylation is 2. The van der Waals surface area contributed by atoms with Crippen LogP contribution in [0.3, 0.4) is 0 Å². The molecule has 0 saturated carbocycles. The summed E-state index contributed by atoms with van der Waals surface area (Å²) >= 11 is 5.96. The fraction of sp³-hybridized carbons (Fsp3) is 0.182. The van der Waals surface area contributed by atoms with Crippen LogP contribution in [0.25, 0.3) is 0 Å². The van der Waals surface area contributed by atoms with E-state index < -0.39 is 6.03 Å². The summed E-state index contributed by atoms with van der Waals surface area (Å²) in [6.45, 7) is 4.06. The van der Waals surface area contributed by atoms with E-state index in [2.05, 4.69) is 30.9 Å². The number of aromatic nitrogens is 2. The van der Waals surface area contributed by atoms with E-state index in [1.54, 1.807) is 36.4 Å². The maximum Gasteiger partial charge on any atom is 0.326 e. The number of amides is 2. The second-order valence-corrected chi connectivity index (χ2v) is 7.23. The number of hydrogen-bond acceptors (Lipinski definition) is 4. The topological polar surface area (TPSA) is 91.3 Å². The average molecular weight is 441 g/mol. The van der Waals surface area contributed by atoms with Crippen LogP contribution in [0, 0.1) is 19.7 Å². The lowest BCUT2D eigenvalue weighted by atomic mass is 10.1. The molecule has 0 bridgehead atoms. The van der Waals surface area contributed by atoms with Crippen molar-refractivity contribution < 1.29 is 9.18 Å². The van der Waals surface area contributed by atoms with Gasteiger partial charge in [-0.15, -0.1) is 0 Å². The van der Waals surface area contributed by atoms with Crippen molar-refractivity contribution >= 4 is 35.2 Å². The third-order valence-electron chi connectivity index (χ3n) is 4.11. The number of rotatable bonds is 5. The van der Waals surface area contributed by atoms with Crippen LogP contribution in [0.2, 0.25) is 5.02 Å². The Morgan fingerprint density at radius 3 is 2.42 bits per heavy atom. The molecule has 160 valence electrons. The minimum atomic E-state index is -0.500. The first-order valence-electron chi connectivity index (χ1n) is 9.59. The molecule has 2 aromatic carbocycles. The van der Waals surface area contributed by atoms with E-state index in [1.807, 2.05) is 19.9 Å². The zero-order valence-corrected chi connectivity index (χ0v) is 17.9. The van der Waals surface area contributed by atoms with Crippen LogP contribution in [0.1, 0.15) is 17.0 Å². The number of carbonyl (C=O) groups is 1. The number of guanidine groups is 1. The summed E-state index contributed by atoms with van der Waals surface area (Å²) in [4.78, 5) is 25.5. The minimum Gasteiger partial charge on any atom is -0.308 e. The number of carbonyl (C=O) groups excluding carboxylic acids is 1. The highest BCUT2D eigenvalue weighted by Crippen LogP contribution is 2.14. The van der Waals surface area contributed by atoms with Gasteiger partial charge in [0.25, 0.3) is 0 Å². The molecule has 1 heterocycles. The number of benzene rings is 2. The molecule has 3 aromatic rings. The summed E-state index contributed by atoms with van der Waals surface area (Å²) in [5.41, 5.74) is 3.03. The van der Waals surface area contributed by atoms with Crippen LogP contribution in [0.5, 0.6) is 0 Å². The van der Waals surface area contributed by atoms with Gasteiger partial charge in [-0.25, -0.2) is 19.2 Å². The lowest BCUT2D eigenvalue weighted by Gasteiger charge is -2.12. The minimum absolute atomic E-state index is 0.187. The van der Waals surface area contributed by atoms with E-state index in [1.165, 1.54) is 12.1 Å². The van der Waals surface area contributed by atoms with Crippen LogP contribution in [0.15, 0.2) is 59.6 Å². The molecule has 0 atom stereocenters. The molecule has 31 heavy (non-hydrogen) atoms. The molecule has 0 fully saturated rings. The van der Waals surface area contributed by atoms with Gasteiger partial charge in [-0.05, 0) is 62.2 Å². The molecule has 0 aliphatic carbocycles. The quantitative estimate of drug-likeness (QED) is 0.395. The summed E-state index contributed by atoms with van der Waals surface area (Å²) < 4.78 is 13.1. The number of hydrogen-bond donors (Lipinski definition) is 3. The Bertz CT molecular complexity index is 1070. The van der Waals surface area contributed by atoms with E-state index in [-0.39, 0.29) is 11.8 Å². The fourth-order valence-corrected chi connectivity index (χ4v) is 2.97. The third kappa shape index (κ3) is 7.35. The van der Waals surface area contributed by atoms with Gasteiger partial charge >= 0.3 is 6.03 Å². The second-order valence-electron chi connectivity index (χ2n) is 6.80. The van der Waals surface area contributed by atoms with Crippen molar-refractivity contribution in [2.24, 2.45) is 4.99 Å². The predicted molar refractivity (Wildman–Crippen MR) is 121 cm³/mol. The largest absolute Gasteiger partial charge is 0.326 e. The van der Waals surface area contributed by atoms with Gasteiger partial charge in [0.05, 0.1) is 0 Å². The molecule has 0 spiro atoms. The zero-order valence-electron chi connectivity index (χ0n) is 17.1. The van der Waals surface area contributed by atoms with E-state index in [4.69, 9.17) is 11.6 Å². The van der Waals surface area contributed by atoms with Crippen LogP contribution >= 0.6 is 11.6 Å². The molecule has 0 aliphatic heterocycles. The number of nitrogens with one attached hydrogen (secondary N) is 3. The Morgan fingerprint density at radius 2 is 1.74 bits per heavy atom. The van der Waals surface area contributed by atoms with Gasteiger partial charge in [0.2, 0.25) is 11.9 Å². The Hall–Kier alpha value is -3.52. The molecular weight excluding hydrogens is 419 g/mol. The molecule has 2 amide bonds. The number of urea groups is 1. The van der Waals surface area contributed by atoms with E-state index in [0.717, 1.165) is 17.0 Å². The second kappa shape index (κ2) is 10.5. The lowest BCUT2D eigenvalue weighted by molar-refractivity contribution is 0.256. The van der Waals surface area contributed by atoms with Crippen molar-refractivity contribution in [1.29, 1.82) is 0 Å². The molecule has 0 unspecified atom stereocenters. The number of nitrogens with zero attached hydrogens (tertiary/aromatic N) is 3. The Labute approximate surface area is 184 Å². The van der Waals surface area contributed by atoms with Crippen molar-refractivity contribution in [2.75, 3.05) is 17.2 Å². The molecule has 3 N–H and O–H groups in total. The highest BCUT2D eigenvalue weighted by molar-refractivity contribution is 6.30. The molecule has 0 radical (unpaired) electrons. The van der Waals surface area contributed by atoms with Gasteiger partial charge in [-0.2, -0.15) is 0 Å². The summed E-state index contributed by atoms with van der Waals surface area (Å²) in [5, 5.41) is 8.83. The maximum absolute atomic E-state index is 13.1. The molecule has 7 nitrogen and oxygen atoms in total. The van der Waals surface area contributed by atoms with E-state index in [9.17, 15) is 9.18 Å². The fourth-order valence-electron chi connectivity index (χ4n) is 2.78. The van der Waals surface area contributed by atoms with Gasteiger partial charge in [-0.1, -0.05) is 29.8 Å². The number of halogens is 2. The number of anilines is 2. The van der Waals surface area contributed by atoms with Crippen molar-refractivity contribution in [2.45, 2.75) is 20.3 Å². The summed E-state index contributed by atoms with van der Waals surface area (Å²) in [7, 11) is 0. The normalized spacial score (nSPS) is 11.2. The first kappa shape index (κ1) is 22.2. The van der Waals surface area contributed by atoms with Gasteiger partial charge < -0.3 is 5.32 Å². The molecule has 0 saturated heterocycles. The SMILES string of the molecule is Cc1cc(C)nc(NC(=NCCc2ccc(F)cc2)NC(=O)Nc2cccc(Cl)c2)n1. The number of aliphatic imine (C=N–C) groups is 1. The lowest BCUT2D eigenvalue weighted by Crippen LogP contribution is -2.39. The van der Waals surface area contributed by atoms with Crippen molar-refractivity contribution in [3.63, 3.8) is 0 Å². The van der Waals surface area contributed by atoms with Gasteiger partial charge in [0.15, 0.2) is 0 Å². The highest BCUT2D eigenvalue weighted by Gasteiger charge is 2.09. The third-order valence-corrected chi connectivity index (χ3v) is 4.35. The first-order valence-corrected chi connectivity index (χ1v) is 9.97. The Morgan fingerprint density at radius 1 is 1.03 bits per heavy atom. The van der Waals surface area contributed by atoms with Crippen LogP contribution in [-0.4, -0.2) is 28.5 Å². The van der Waals surface area contributed by atoms with Crippen LogP contribution in [0.4, 0.5) is 20.8 Å². The van der Waals surface area contributed by atoms with Crippen molar-refractivity contribution in [1.82, 2.24) is 15.3 Å². The van der Waals surface area contributed by atoms with E-state index >= 15 is 0 Å². The summed E-state index contributed by atoms with van der Waals surface area (Å²) in [5.74, 6) is 0.216. The monoisotopic (exact) mass is 440 g/mol. The first-order chi connectivity index (χ1) is 14.9. The predicted octanol–water partition coefficient (Wildman–Crippen LogP) is 4.72. The Balaban J connectivity index is 1.72. The molecule has 9 heteroatoms. The van der Waals surface area contributed by atoms with Crippen molar-refractivity contribution in [3.8, 4) is 0 Å². The van der Waals surface area contributed by atoms with Crippen LogP contribution < -0.4 is 16.0 Å². The van der Waals surface area contributed by atoms with Gasteiger partial charge in [0, 0.05) is 28.6 Å². The summed E-state index contributed by atoms with van der Waals surface area (Å²) in [6.07, 6.45) is 0.566. The van der Waals surface area contributed by atoms with Crippen molar-refractivity contribution in [3.05, 3.63) is 82.4 Å². The molecule has 3 rings (SSSR count). The standard InChI is InChI=1S/C22H22ClFN6O/c1-14-12-15(2)27-21(26-14)29-20(25-11-10-16-6-8-18(24)9-7-16)30-22(31)28-19-5-3-4-17(23)13-19/h3-9,12-13H,10-11H2,1-2H3,(H3,25,26,27,28,29,30,31). The molecular formula is C22H22ClFN6O. The molecule has 0 aliphatic rings. The Kier molecular flexibility index (Phi) is 7.50. The maximum atomic E-state index is 13.1. The van der Waals surface area contributed by atoms with E-state index in [0.29, 0.717) is 29.6 Å². The highest BCUT2D eigenvalue weighted by atomic mass is 35.5. The zero-order chi connectivity index (χ0) is 22.2. The summed E-state index contributed by atoms with van der Waals surface area (Å²) in [6, 6.07) is 14.3. The van der Waals surface area contributed by atoms with Crippen LogP contribution in [-0.2, 0) is 6.42 Å². The molecule has 1 aromatic heterocycles.